The van der Waals surface area contributed by atoms with E-state index in [1.807, 2.05) is 0 Å². The molecule has 2 aliphatic heterocycles. The molecule has 0 saturated carbocycles. The summed E-state index contributed by atoms with van der Waals surface area (Å²) in [4.78, 5) is 2.48. The van der Waals surface area contributed by atoms with Gasteiger partial charge in [0.05, 0.1) is 5.60 Å². The molecule has 2 saturated heterocycles. The van der Waals surface area contributed by atoms with Gasteiger partial charge in [0.2, 0.25) is 0 Å². The van der Waals surface area contributed by atoms with Crippen LogP contribution in [-0.2, 0) is 11.3 Å². The Hall–Kier alpha value is -1.10. The van der Waals surface area contributed by atoms with Gasteiger partial charge in [0.25, 0.3) is 0 Å². The third kappa shape index (κ3) is 4.22. The van der Waals surface area contributed by atoms with Crippen LogP contribution in [0.4, 0.5) is 5.69 Å². The second kappa shape index (κ2) is 7.44. The van der Waals surface area contributed by atoms with Crippen molar-refractivity contribution in [1.29, 1.82) is 0 Å². The number of piperidine rings is 1. The third-order valence-corrected chi connectivity index (χ3v) is 4.86. The fourth-order valence-corrected chi connectivity index (χ4v) is 3.34. The normalized spacial score (nSPS) is 21.8. The van der Waals surface area contributed by atoms with E-state index < -0.39 is 5.60 Å². The maximum atomic E-state index is 10.4. The van der Waals surface area contributed by atoms with Crippen molar-refractivity contribution in [1.82, 2.24) is 5.32 Å². The molecule has 4 heteroatoms. The van der Waals surface area contributed by atoms with Crippen LogP contribution in [0.25, 0.3) is 0 Å². The van der Waals surface area contributed by atoms with Crippen LogP contribution in [0.1, 0.15) is 37.7 Å². The van der Waals surface area contributed by atoms with Crippen molar-refractivity contribution < 1.29 is 9.84 Å². The number of rotatable bonds is 5. The van der Waals surface area contributed by atoms with Crippen LogP contribution in [0.3, 0.4) is 0 Å². The highest BCUT2D eigenvalue weighted by Gasteiger charge is 2.29. The number of nitrogens with zero attached hydrogens (tertiary/aromatic N) is 1. The zero-order valence-electron chi connectivity index (χ0n) is 13.4. The highest BCUT2D eigenvalue weighted by atomic mass is 16.5. The monoisotopic (exact) mass is 304 g/mol. The second-order valence-electron chi connectivity index (χ2n) is 6.65. The summed E-state index contributed by atoms with van der Waals surface area (Å²) in [5, 5.41) is 13.8. The smallest absolute Gasteiger partial charge is 0.0815 e. The van der Waals surface area contributed by atoms with E-state index in [1.165, 1.54) is 43.6 Å². The van der Waals surface area contributed by atoms with E-state index in [2.05, 4.69) is 34.5 Å². The summed E-state index contributed by atoms with van der Waals surface area (Å²) in [6.45, 7) is 5.17. The lowest BCUT2D eigenvalue weighted by Gasteiger charge is -2.32. The van der Waals surface area contributed by atoms with Gasteiger partial charge in [-0.3, -0.25) is 0 Å². The SMILES string of the molecule is OC1(CNCc2ccc(N3CCCCC3)cc2)CCOCC1. The lowest BCUT2D eigenvalue weighted by Crippen LogP contribution is -2.44. The molecular weight excluding hydrogens is 276 g/mol. The third-order valence-electron chi connectivity index (χ3n) is 4.86. The molecule has 0 aliphatic carbocycles. The first-order valence-electron chi connectivity index (χ1n) is 8.60. The van der Waals surface area contributed by atoms with Crippen molar-refractivity contribution in [2.45, 2.75) is 44.2 Å². The van der Waals surface area contributed by atoms with Crippen LogP contribution in [-0.4, -0.2) is 43.6 Å². The zero-order chi connectivity index (χ0) is 15.3. The van der Waals surface area contributed by atoms with E-state index >= 15 is 0 Å². The lowest BCUT2D eigenvalue weighted by atomic mass is 9.94. The molecule has 2 N–H and O–H groups in total. The lowest BCUT2D eigenvalue weighted by molar-refractivity contribution is -0.0617. The van der Waals surface area contributed by atoms with E-state index in [-0.39, 0.29) is 0 Å². The van der Waals surface area contributed by atoms with E-state index in [1.54, 1.807) is 0 Å². The van der Waals surface area contributed by atoms with Gasteiger partial charge in [0.1, 0.15) is 0 Å². The minimum absolute atomic E-state index is 0.591. The molecule has 0 atom stereocenters. The van der Waals surface area contributed by atoms with Crippen LogP contribution >= 0.6 is 0 Å². The molecule has 2 aliphatic rings. The van der Waals surface area contributed by atoms with Gasteiger partial charge in [-0.2, -0.15) is 0 Å². The molecule has 1 aromatic carbocycles. The van der Waals surface area contributed by atoms with Gasteiger partial charge in [0, 0.05) is 57.9 Å². The second-order valence-corrected chi connectivity index (χ2v) is 6.65. The molecule has 2 fully saturated rings. The number of aliphatic hydroxyl groups is 1. The Labute approximate surface area is 133 Å². The van der Waals surface area contributed by atoms with Crippen LogP contribution in [0.5, 0.6) is 0 Å². The van der Waals surface area contributed by atoms with Gasteiger partial charge in [-0.15, -0.1) is 0 Å². The zero-order valence-corrected chi connectivity index (χ0v) is 13.4. The predicted octanol–water partition coefficient (Wildman–Crippen LogP) is 2.31. The van der Waals surface area contributed by atoms with Gasteiger partial charge >= 0.3 is 0 Å². The molecule has 2 heterocycles. The number of hydrogen-bond donors (Lipinski definition) is 2. The number of benzene rings is 1. The van der Waals surface area contributed by atoms with Crippen molar-refractivity contribution in [3.05, 3.63) is 29.8 Å². The summed E-state index contributed by atoms with van der Waals surface area (Å²) in [5.74, 6) is 0. The summed E-state index contributed by atoms with van der Waals surface area (Å²) in [6.07, 6.45) is 5.45. The quantitative estimate of drug-likeness (QED) is 0.876. The summed E-state index contributed by atoms with van der Waals surface area (Å²) in [5.41, 5.74) is 2.02. The summed E-state index contributed by atoms with van der Waals surface area (Å²) in [7, 11) is 0. The van der Waals surface area contributed by atoms with Crippen molar-refractivity contribution in [3.8, 4) is 0 Å². The minimum Gasteiger partial charge on any atom is -0.388 e. The number of ether oxygens (including phenoxy) is 1. The molecule has 0 amide bonds. The van der Waals surface area contributed by atoms with Gasteiger partial charge in [-0.1, -0.05) is 12.1 Å². The molecule has 0 radical (unpaired) electrons. The summed E-state index contributed by atoms with van der Waals surface area (Å²) >= 11 is 0. The predicted molar refractivity (Wildman–Crippen MR) is 89.2 cm³/mol. The van der Waals surface area contributed by atoms with E-state index in [0.717, 1.165) is 19.4 Å². The Bertz CT molecular complexity index is 449. The number of hydrogen-bond acceptors (Lipinski definition) is 4. The molecule has 0 spiro atoms. The average molecular weight is 304 g/mol. The van der Waals surface area contributed by atoms with Crippen molar-refractivity contribution in [2.75, 3.05) is 37.7 Å². The summed E-state index contributed by atoms with van der Waals surface area (Å²) in [6, 6.07) is 8.85. The largest absolute Gasteiger partial charge is 0.388 e. The molecule has 122 valence electrons. The van der Waals surface area contributed by atoms with E-state index in [0.29, 0.717) is 19.8 Å². The van der Waals surface area contributed by atoms with Crippen LogP contribution < -0.4 is 10.2 Å². The molecule has 0 unspecified atom stereocenters. The average Bonchev–Trinajstić information content (AvgIpc) is 2.57. The highest BCUT2D eigenvalue weighted by molar-refractivity contribution is 5.47. The summed E-state index contributed by atoms with van der Waals surface area (Å²) < 4.78 is 5.31. The molecule has 22 heavy (non-hydrogen) atoms. The molecule has 3 rings (SSSR count). The van der Waals surface area contributed by atoms with Crippen LogP contribution in [0.15, 0.2) is 24.3 Å². The number of nitrogens with one attached hydrogen (secondary N) is 1. The minimum atomic E-state index is -0.591. The van der Waals surface area contributed by atoms with E-state index in [4.69, 9.17) is 4.74 Å². The Morgan fingerprint density at radius 3 is 2.41 bits per heavy atom. The van der Waals surface area contributed by atoms with Gasteiger partial charge in [-0.25, -0.2) is 0 Å². The molecule has 1 aromatic rings. The first-order chi connectivity index (χ1) is 10.8. The Morgan fingerprint density at radius 2 is 1.73 bits per heavy atom. The fourth-order valence-electron chi connectivity index (χ4n) is 3.34. The maximum absolute atomic E-state index is 10.4. The van der Waals surface area contributed by atoms with Gasteiger partial charge < -0.3 is 20.1 Å². The molecule has 0 aromatic heterocycles. The Morgan fingerprint density at radius 1 is 1.05 bits per heavy atom. The van der Waals surface area contributed by atoms with Crippen molar-refractivity contribution >= 4 is 5.69 Å². The Balaban J connectivity index is 1.46. The Kier molecular flexibility index (Phi) is 5.34. The molecule has 4 nitrogen and oxygen atoms in total. The van der Waals surface area contributed by atoms with Gasteiger partial charge in [-0.05, 0) is 37.0 Å². The number of anilines is 1. The highest BCUT2D eigenvalue weighted by Crippen LogP contribution is 2.21. The molecular formula is C18H28N2O2. The first kappa shape index (κ1) is 15.8. The van der Waals surface area contributed by atoms with Crippen LogP contribution in [0, 0.1) is 0 Å². The fraction of sp³-hybridized carbons (Fsp3) is 0.667. The van der Waals surface area contributed by atoms with E-state index in [9.17, 15) is 5.11 Å². The van der Waals surface area contributed by atoms with Gasteiger partial charge in [0.15, 0.2) is 0 Å². The first-order valence-corrected chi connectivity index (χ1v) is 8.60. The van der Waals surface area contributed by atoms with Crippen molar-refractivity contribution in [3.63, 3.8) is 0 Å². The standard InChI is InChI=1S/C18H28N2O2/c21-18(8-12-22-13-9-18)15-19-14-16-4-6-17(7-5-16)20-10-2-1-3-11-20/h4-7,19,21H,1-3,8-15H2. The van der Waals surface area contributed by atoms with Crippen LogP contribution in [0.2, 0.25) is 0 Å². The van der Waals surface area contributed by atoms with Crippen molar-refractivity contribution in [2.24, 2.45) is 0 Å². The molecule has 0 bridgehead atoms. The topological polar surface area (TPSA) is 44.7 Å². The maximum Gasteiger partial charge on any atom is 0.0815 e.